The van der Waals surface area contributed by atoms with Crippen molar-refractivity contribution in [2.75, 3.05) is 10.6 Å². The molecule has 0 saturated heterocycles. The zero-order valence-corrected chi connectivity index (χ0v) is 9.48. The summed E-state index contributed by atoms with van der Waals surface area (Å²) in [5.41, 5.74) is 0.603. The molecular formula is C11H9ClN4O. The molecule has 2 rings (SSSR count). The maximum Gasteiger partial charge on any atom is 0.326 e. The Morgan fingerprint density at radius 1 is 1.12 bits per heavy atom. The molecule has 17 heavy (non-hydrogen) atoms. The molecule has 0 saturated carbocycles. The van der Waals surface area contributed by atoms with Crippen molar-refractivity contribution in [1.29, 1.82) is 0 Å². The highest BCUT2D eigenvalue weighted by Gasteiger charge is 2.03. The van der Waals surface area contributed by atoms with E-state index in [1.807, 2.05) is 0 Å². The highest BCUT2D eigenvalue weighted by atomic mass is 35.5. The second-order valence-corrected chi connectivity index (χ2v) is 3.60. The van der Waals surface area contributed by atoms with Gasteiger partial charge in [-0.25, -0.2) is 14.8 Å². The van der Waals surface area contributed by atoms with Crippen molar-refractivity contribution >= 4 is 29.3 Å². The number of carbonyl (C=O) groups excluding carboxylic acids is 1. The van der Waals surface area contributed by atoms with E-state index in [0.717, 1.165) is 0 Å². The van der Waals surface area contributed by atoms with Crippen LogP contribution in [0, 0.1) is 0 Å². The van der Waals surface area contributed by atoms with Crippen LogP contribution in [0.4, 0.5) is 16.4 Å². The summed E-state index contributed by atoms with van der Waals surface area (Å²) in [6.07, 6.45) is 3.09. The lowest BCUT2D eigenvalue weighted by Crippen LogP contribution is -2.20. The van der Waals surface area contributed by atoms with Crippen LogP contribution in [-0.4, -0.2) is 16.0 Å². The van der Waals surface area contributed by atoms with E-state index in [1.54, 1.807) is 42.7 Å². The third-order valence-corrected chi connectivity index (χ3v) is 2.11. The third-order valence-electron chi connectivity index (χ3n) is 1.87. The number of halogens is 1. The number of rotatable bonds is 2. The molecule has 2 aromatic rings. The molecule has 1 aromatic carbocycles. The summed E-state index contributed by atoms with van der Waals surface area (Å²) in [5, 5.41) is 5.67. The number of hydrogen-bond acceptors (Lipinski definition) is 3. The molecule has 1 aromatic heterocycles. The van der Waals surface area contributed by atoms with E-state index >= 15 is 0 Å². The summed E-state index contributed by atoms with van der Waals surface area (Å²) in [6, 6.07) is 8.10. The van der Waals surface area contributed by atoms with E-state index in [9.17, 15) is 4.79 Å². The minimum Gasteiger partial charge on any atom is -0.308 e. The van der Waals surface area contributed by atoms with Gasteiger partial charge in [0.1, 0.15) is 0 Å². The Kier molecular flexibility index (Phi) is 3.52. The lowest BCUT2D eigenvalue weighted by Gasteiger charge is -2.05. The maximum absolute atomic E-state index is 11.5. The second-order valence-electron chi connectivity index (χ2n) is 3.16. The molecule has 0 bridgehead atoms. The summed E-state index contributed by atoms with van der Waals surface area (Å²) in [5.74, 6) is 0.243. The molecule has 0 aliphatic heterocycles. The normalized spacial score (nSPS) is 9.71. The third kappa shape index (κ3) is 3.42. The van der Waals surface area contributed by atoms with Gasteiger partial charge < -0.3 is 5.32 Å². The summed E-state index contributed by atoms with van der Waals surface area (Å²) in [7, 11) is 0. The predicted octanol–water partition coefficient (Wildman–Crippen LogP) is 2.77. The van der Waals surface area contributed by atoms with E-state index < -0.39 is 6.03 Å². The van der Waals surface area contributed by atoms with Crippen LogP contribution >= 0.6 is 11.6 Å². The SMILES string of the molecule is O=C(Nc1cccc(Cl)c1)Nc1ncccn1. The standard InChI is InChI=1S/C11H9ClN4O/c12-8-3-1-4-9(7-8)15-11(17)16-10-13-5-2-6-14-10/h1-7H,(H2,13,14,15,16,17). The lowest BCUT2D eigenvalue weighted by molar-refractivity contribution is 0.262. The number of benzene rings is 1. The second kappa shape index (κ2) is 5.27. The highest BCUT2D eigenvalue weighted by molar-refractivity contribution is 6.30. The summed E-state index contributed by atoms with van der Waals surface area (Å²) < 4.78 is 0. The number of amides is 2. The minimum absolute atomic E-state index is 0.243. The van der Waals surface area contributed by atoms with Crippen LogP contribution in [0.3, 0.4) is 0 Å². The molecule has 86 valence electrons. The molecule has 0 unspecified atom stereocenters. The zero-order chi connectivity index (χ0) is 12.1. The van der Waals surface area contributed by atoms with Gasteiger partial charge in [-0.05, 0) is 24.3 Å². The fourth-order valence-electron chi connectivity index (χ4n) is 1.19. The Balaban J connectivity index is 1.98. The molecule has 2 amide bonds. The number of carbonyl (C=O) groups is 1. The molecule has 6 heteroatoms. The van der Waals surface area contributed by atoms with Crippen molar-refractivity contribution in [1.82, 2.24) is 9.97 Å². The van der Waals surface area contributed by atoms with E-state index in [0.29, 0.717) is 10.7 Å². The average molecular weight is 249 g/mol. The van der Waals surface area contributed by atoms with Gasteiger partial charge in [0, 0.05) is 23.1 Å². The van der Waals surface area contributed by atoms with Crippen molar-refractivity contribution in [2.24, 2.45) is 0 Å². The number of urea groups is 1. The summed E-state index contributed by atoms with van der Waals surface area (Å²) in [4.78, 5) is 19.3. The van der Waals surface area contributed by atoms with Crippen molar-refractivity contribution in [3.8, 4) is 0 Å². The van der Waals surface area contributed by atoms with E-state index in [-0.39, 0.29) is 5.95 Å². The molecule has 1 heterocycles. The zero-order valence-electron chi connectivity index (χ0n) is 8.72. The monoisotopic (exact) mass is 248 g/mol. The topological polar surface area (TPSA) is 66.9 Å². The van der Waals surface area contributed by atoms with Gasteiger partial charge >= 0.3 is 6.03 Å². The molecule has 0 aliphatic carbocycles. The van der Waals surface area contributed by atoms with E-state index in [2.05, 4.69) is 20.6 Å². The van der Waals surface area contributed by atoms with Crippen LogP contribution in [-0.2, 0) is 0 Å². The molecule has 0 fully saturated rings. The Labute approximate surface area is 103 Å². The first-order chi connectivity index (χ1) is 8.24. The highest BCUT2D eigenvalue weighted by Crippen LogP contribution is 2.14. The molecular weight excluding hydrogens is 240 g/mol. The van der Waals surface area contributed by atoms with Gasteiger partial charge in [0.15, 0.2) is 0 Å². The van der Waals surface area contributed by atoms with Crippen LogP contribution in [0.25, 0.3) is 0 Å². The van der Waals surface area contributed by atoms with Crippen LogP contribution in [0.15, 0.2) is 42.7 Å². The van der Waals surface area contributed by atoms with Crippen molar-refractivity contribution in [3.05, 3.63) is 47.7 Å². The van der Waals surface area contributed by atoms with Gasteiger partial charge in [0.25, 0.3) is 0 Å². The number of hydrogen-bond donors (Lipinski definition) is 2. The van der Waals surface area contributed by atoms with Gasteiger partial charge in [-0.3, -0.25) is 5.32 Å². The Hall–Kier alpha value is -2.14. The first-order valence-corrected chi connectivity index (χ1v) is 5.22. The van der Waals surface area contributed by atoms with Crippen molar-refractivity contribution in [3.63, 3.8) is 0 Å². The van der Waals surface area contributed by atoms with E-state index in [1.165, 1.54) is 0 Å². The average Bonchev–Trinajstić information content (AvgIpc) is 2.30. The summed E-state index contributed by atoms with van der Waals surface area (Å²) >= 11 is 5.79. The van der Waals surface area contributed by atoms with Crippen LogP contribution < -0.4 is 10.6 Å². The smallest absolute Gasteiger partial charge is 0.308 e. The van der Waals surface area contributed by atoms with Crippen LogP contribution in [0.2, 0.25) is 5.02 Å². The first kappa shape index (κ1) is 11.3. The number of nitrogens with one attached hydrogen (secondary N) is 2. The quantitative estimate of drug-likeness (QED) is 0.859. The van der Waals surface area contributed by atoms with Crippen LogP contribution in [0.5, 0.6) is 0 Å². The van der Waals surface area contributed by atoms with Gasteiger partial charge in [0.2, 0.25) is 5.95 Å². The van der Waals surface area contributed by atoms with Crippen LogP contribution in [0.1, 0.15) is 0 Å². The molecule has 0 aliphatic rings. The van der Waals surface area contributed by atoms with Gasteiger partial charge in [-0.15, -0.1) is 0 Å². The Morgan fingerprint density at radius 3 is 2.59 bits per heavy atom. The summed E-state index contributed by atoms with van der Waals surface area (Å²) in [6.45, 7) is 0. The minimum atomic E-state index is -0.418. The van der Waals surface area contributed by atoms with Gasteiger partial charge in [-0.1, -0.05) is 17.7 Å². The van der Waals surface area contributed by atoms with Crippen molar-refractivity contribution < 1.29 is 4.79 Å². The number of anilines is 2. The van der Waals surface area contributed by atoms with E-state index in [4.69, 9.17) is 11.6 Å². The molecule has 2 N–H and O–H groups in total. The molecule has 0 radical (unpaired) electrons. The molecule has 0 atom stereocenters. The first-order valence-electron chi connectivity index (χ1n) is 4.84. The fourth-order valence-corrected chi connectivity index (χ4v) is 1.38. The van der Waals surface area contributed by atoms with Gasteiger partial charge in [0.05, 0.1) is 0 Å². The largest absolute Gasteiger partial charge is 0.326 e. The van der Waals surface area contributed by atoms with Gasteiger partial charge in [-0.2, -0.15) is 0 Å². The Bertz CT molecular complexity index is 518. The number of nitrogens with zero attached hydrogens (tertiary/aromatic N) is 2. The lowest BCUT2D eigenvalue weighted by atomic mass is 10.3. The Morgan fingerprint density at radius 2 is 1.88 bits per heavy atom. The number of aromatic nitrogens is 2. The molecule has 5 nitrogen and oxygen atoms in total. The molecule has 0 spiro atoms. The maximum atomic E-state index is 11.5. The fraction of sp³-hybridized carbons (Fsp3) is 0. The predicted molar refractivity (Wildman–Crippen MR) is 66.1 cm³/mol. The van der Waals surface area contributed by atoms with Crippen molar-refractivity contribution in [2.45, 2.75) is 0 Å².